The molecular formula is C20H18ClNO2S. The summed E-state index contributed by atoms with van der Waals surface area (Å²) in [6.45, 7) is 2.09. The van der Waals surface area contributed by atoms with Crippen LogP contribution in [0.4, 0.5) is 5.69 Å². The van der Waals surface area contributed by atoms with E-state index >= 15 is 0 Å². The molecule has 5 heteroatoms. The van der Waals surface area contributed by atoms with Crippen LogP contribution in [0.5, 0.6) is 0 Å². The molecule has 0 saturated carbocycles. The van der Waals surface area contributed by atoms with Crippen molar-refractivity contribution in [3.63, 3.8) is 0 Å². The van der Waals surface area contributed by atoms with E-state index in [1.54, 1.807) is 42.5 Å². The molecule has 128 valence electrons. The summed E-state index contributed by atoms with van der Waals surface area (Å²) in [7, 11) is -3.71. The Morgan fingerprint density at radius 1 is 0.840 bits per heavy atom. The second kappa shape index (κ2) is 7.30. The second-order valence-corrected chi connectivity index (χ2v) is 8.02. The van der Waals surface area contributed by atoms with E-state index in [4.69, 9.17) is 11.6 Å². The van der Waals surface area contributed by atoms with Crippen molar-refractivity contribution in [2.45, 2.75) is 18.4 Å². The van der Waals surface area contributed by atoms with Gasteiger partial charge in [-0.2, -0.15) is 0 Å². The molecule has 0 N–H and O–H groups in total. The number of benzene rings is 3. The van der Waals surface area contributed by atoms with Crippen molar-refractivity contribution in [3.8, 4) is 0 Å². The molecule has 0 aliphatic heterocycles. The third kappa shape index (κ3) is 3.86. The number of hydrogen-bond acceptors (Lipinski definition) is 2. The molecule has 0 fully saturated rings. The van der Waals surface area contributed by atoms with Crippen LogP contribution in [0.3, 0.4) is 0 Å². The molecule has 3 rings (SSSR count). The highest BCUT2D eigenvalue weighted by Gasteiger charge is 2.25. The Hall–Kier alpha value is -2.30. The minimum Gasteiger partial charge on any atom is -0.262 e. The third-order valence-electron chi connectivity index (χ3n) is 3.92. The Morgan fingerprint density at radius 3 is 2.08 bits per heavy atom. The van der Waals surface area contributed by atoms with Gasteiger partial charge in [-0.25, -0.2) is 8.42 Å². The standard InChI is InChI=1S/C20H18ClNO2S/c1-16-11-13-19(14-12-16)25(23,24)22(18-8-3-2-4-9-18)15-17-7-5-6-10-20(17)21/h2-14H,15H2,1H3. The quantitative estimate of drug-likeness (QED) is 0.629. The average molecular weight is 372 g/mol. The maximum Gasteiger partial charge on any atom is 0.264 e. The van der Waals surface area contributed by atoms with E-state index in [0.29, 0.717) is 10.7 Å². The summed E-state index contributed by atoms with van der Waals surface area (Å²) >= 11 is 6.25. The zero-order valence-electron chi connectivity index (χ0n) is 13.8. The van der Waals surface area contributed by atoms with Crippen LogP contribution in [0.25, 0.3) is 0 Å². The molecule has 0 amide bonds. The fraction of sp³-hybridized carbons (Fsp3) is 0.100. The van der Waals surface area contributed by atoms with Crippen LogP contribution in [0.1, 0.15) is 11.1 Å². The van der Waals surface area contributed by atoms with E-state index in [-0.39, 0.29) is 11.4 Å². The molecule has 0 bridgehead atoms. The van der Waals surface area contributed by atoms with Crippen molar-refractivity contribution >= 4 is 27.3 Å². The first-order chi connectivity index (χ1) is 12.0. The van der Waals surface area contributed by atoms with Gasteiger partial charge in [-0.1, -0.05) is 65.7 Å². The first-order valence-corrected chi connectivity index (χ1v) is 9.68. The molecule has 3 aromatic carbocycles. The van der Waals surface area contributed by atoms with Gasteiger partial charge in [-0.15, -0.1) is 0 Å². The van der Waals surface area contributed by atoms with E-state index in [2.05, 4.69) is 0 Å². The first kappa shape index (κ1) is 17.5. The SMILES string of the molecule is Cc1ccc(S(=O)(=O)N(Cc2ccccc2Cl)c2ccccc2)cc1. The van der Waals surface area contributed by atoms with Gasteiger partial charge in [0.15, 0.2) is 0 Å². The van der Waals surface area contributed by atoms with Gasteiger partial charge in [0.1, 0.15) is 0 Å². The summed E-state index contributed by atoms with van der Waals surface area (Å²) in [6.07, 6.45) is 0. The minimum absolute atomic E-state index is 0.167. The monoisotopic (exact) mass is 371 g/mol. The van der Waals surface area contributed by atoms with Gasteiger partial charge in [-0.3, -0.25) is 4.31 Å². The smallest absolute Gasteiger partial charge is 0.262 e. The third-order valence-corrected chi connectivity index (χ3v) is 6.08. The Morgan fingerprint density at radius 2 is 1.44 bits per heavy atom. The number of para-hydroxylation sites is 1. The van der Waals surface area contributed by atoms with Crippen LogP contribution in [0, 0.1) is 6.92 Å². The van der Waals surface area contributed by atoms with Gasteiger partial charge in [0.25, 0.3) is 10.0 Å². The Kier molecular flexibility index (Phi) is 5.11. The maximum absolute atomic E-state index is 13.2. The van der Waals surface area contributed by atoms with Crippen molar-refractivity contribution in [1.29, 1.82) is 0 Å². The normalized spacial score (nSPS) is 11.3. The lowest BCUT2D eigenvalue weighted by molar-refractivity contribution is 0.590. The van der Waals surface area contributed by atoms with Gasteiger partial charge < -0.3 is 0 Å². The molecule has 0 radical (unpaired) electrons. The fourth-order valence-corrected chi connectivity index (χ4v) is 4.17. The van der Waals surface area contributed by atoms with Crippen molar-refractivity contribution in [3.05, 3.63) is 95.0 Å². The number of halogens is 1. The van der Waals surface area contributed by atoms with Crippen molar-refractivity contribution < 1.29 is 8.42 Å². The van der Waals surface area contributed by atoms with Crippen LogP contribution >= 0.6 is 11.6 Å². The van der Waals surface area contributed by atoms with E-state index in [9.17, 15) is 8.42 Å². The Bertz CT molecular complexity index is 955. The molecule has 0 spiro atoms. The minimum atomic E-state index is -3.71. The summed E-state index contributed by atoms with van der Waals surface area (Å²) in [5.74, 6) is 0. The maximum atomic E-state index is 13.2. The highest BCUT2D eigenvalue weighted by atomic mass is 35.5. The molecular weight excluding hydrogens is 354 g/mol. The van der Waals surface area contributed by atoms with Crippen molar-refractivity contribution in [2.24, 2.45) is 0 Å². The number of hydrogen-bond donors (Lipinski definition) is 0. The van der Waals surface area contributed by atoms with Crippen LogP contribution in [0.15, 0.2) is 83.8 Å². The Labute approximate surface area is 153 Å². The topological polar surface area (TPSA) is 37.4 Å². The summed E-state index contributed by atoms with van der Waals surface area (Å²) in [5, 5.41) is 0.544. The van der Waals surface area contributed by atoms with Crippen LogP contribution in [0.2, 0.25) is 5.02 Å². The van der Waals surface area contributed by atoms with E-state index in [1.165, 1.54) is 4.31 Å². The van der Waals surface area contributed by atoms with Crippen LogP contribution < -0.4 is 4.31 Å². The molecule has 0 unspecified atom stereocenters. The molecule has 0 atom stereocenters. The van der Waals surface area contributed by atoms with Gasteiger partial charge in [0.2, 0.25) is 0 Å². The van der Waals surface area contributed by atoms with Gasteiger partial charge >= 0.3 is 0 Å². The molecule has 0 aliphatic carbocycles. The van der Waals surface area contributed by atoms with Gasteiger partial charge in [0, 0.05) is 5.02 Å². The lowest BCUT2D eigenvalue weighted by Crippen LogP contribution is -2.30. The molecule has 3 aromatic rings. The number of aryl methyl sites for hydroxylation is 1. The number of anilines is 1. The molecule has 0 heterocycles. The zero-order valence-corrected chi connectivity index (χ0v) is 15.3. The average Bonchev–Trinajstić information content (AvgIpc) is 2.62. The molecule has 0 aliphatic rings. The fourth-order valence-electron chi connectivity index (χ4n) is 2.53. The molecule has 3 nitrogen and oxygen atoms in total. The predicted molar refractivity (Wildman–Crippen MR) is 102 cm³/mol. The molecule has 0 aromatic heterocycles. The van der Waals surface area contributed by atoms with Crippen molar-refractivity contribution in [1.82, 2.24) is 0 Å². The van der Waals surface area contributed by atoms with Crippen molar-refractivity contribution in [2.75, 3.05) is 4.31 Å². The summed E-state index contributed by atoms with van der Waals surface area (Å²) < 4.78 is 27.9. The Balaban J connectivity index is 2.08. The first-order valence-electron chi connectivity index (χ1n) is 7.86. The second-order valence-electron chi connectivity index (χ2n) is 5.75. The van der Waals surface area contributed by atoms with E-state index in [1.807, 2.05) is 43.3 Å². The highest BCUT2D eigenvalue weighted by Crippen LogP contribution is 2.28. The lowest BCUT2D eigenvalue weighted by atomic mass is 10.2. The number of nitrogens with zero attached hydrogens (tertiary/aromatic N) is 1. The molecule has 0 saturated heterocycles. The summed E-state index contributed by atoms with van der Waals surface area (Å²) in [4.78, 5) is 0.258. The largest absolute Gasteiger partial charge is 0.264 e. The number of rotatable bonds is 5. The lowest BCUT2D eigenvalue weighted by Gasteiger charge is -2.25. The van der Waals surface area contributed by atoms with E-state index in [0.717, 1.165) is 11.1 Å². The zero-order chi connectivity index (χ0) is 17.9. The van der Waals surface area contributed by atoms with Gasteiger partial charge in [0.05, 0.1) is 17.1 Å². The van der Waals surface area contributed by atoms with Gasteiger partial charge in [-0.05, 0) is 42.8 Å². The number of sulfonamides is 1. The van der Waals surface area contributed by atoms with Crippen LogP contribution in [-0.4, -0.2) is 8.42 Å². The predicted octanol–water partition coefficient (Wildman–Crippen LogP) is 5.04. The van der Waals surface area contributed by atoms with Crippen LogP contribution in [-0.2, 0) is 16.6 Å². The summed E-state index contributed by atoms with van der Waals surface area (Å²) in [6, 6.07) is 23.2. The summed E-state index contributed by atoms with van der Waals surface area (Å²) in [5.41, 5.74) is 2.36. The molecule has 25 heavy (non-hydrogen) atoms. The highest BCUT2D eigenvalue weighted by molar-refractivity contribution is 7.92. The van der Waals surface area contributed by atoms with E-state index < -0.39 is 10.0 Å².